The van der Waals surface area contributed by atoms with Gasteiger partial charge in [-0.05, 0) is 77.9 Å². The number of hydrogen-bond acceptors (Lipinski definition) is 6. The van der Waals surface area contributed by atoms with Gasteiger partial charge in [-0.15, -0.1) is 0 Å². The molecule has 44 heavy (non-hydrogen) atoms. The third kappa shape index (κ3) is 5.24. The van der Waals surface area contributed by atoms with E-state index in [4.69, 9.17) is 19.2 Å². The largest absolute Gasteiger partial charge is 0.497 e. The molecule has 0 fully saturated rings. The number of benzene rings is 4. The summed E-state index contributed by atoms with van der Waals surface area (Å²) in [5.41, 5.74) is 7.53. The second kappa shape index (κ2) is 12.0. The lowest BCUT2D eigenvalue weighted by molar-refractivity contribution is 0.269. The van der Waals surface area contributed by atoms with Gasteiger partial charge in [0, 0.05) is 5.56 Å². The van der Waals surface area contributed by atoms with Crippen molar-refractivity contribution in [2.75, 3.05) is 13.7 Å². The van der Waals surface area contributed by atoms with E-state index in [-0.39, 0.29) is 11.6 Å². The Bertz CT molecular complexity index is 2040. The average molecular weight is 601 g/mol. The minimum atomic E-state index is -0.240. The number of fused-ring (bicyclic) bond motifs is 3. The number of ether oxygens (including phenoxy) is 3. The van der Waals surface area contributed by atoms with E-state index in [1.165, 1.54) is 22.5 Å². The summed E-state index contributed by atoms with van der Waals surface area (Å²) in [6.07, 6.45) is 3.69. The molecule has 1 aliphatic heterocycles. The van der Waals surface area contributed by atoms with E-state index in [0.29, 0.717) is 34.0 Å². The maximum Gasteiger partial charge on any atom is 0.271 e. The summed E-state index contributed by atoms with van der Waals surface area (Å²) in [7, 11) is 1.66. The van der Waals surface area contributed by atoms with E-state index in [1.54, 1.807) is 7.11 Å². The summed E-state index contributed by atoms with van der Waals surface area (Å²) < 4.78 is 20.0. The number of rotatable bonds is 8. The van der Waals surface area contributed by atoms with Crippen LogP contribution < -0.4 is 29.1 Å². The van der Waals surface area contributed by atoms with Crippen LogP contribution in [-0.4, -0.2) is 18.3 Å². The maximum atomic E-state index is 14.2. The second-order valence-corrected chi connectivity index (χ2v) is 11.8. The highest BCUT2D eigenvalue weighted by atomic mass is 32.1. The molecule has 2 heterocycles. The van der Waals surface area contributed by atoms with Crippen molar-refractivity contribution in [3.63, 3.8) is 0 Å². The van der Waals surface area contributed by atoms with Gasteiger partial charge in [-0.1, -0.05) is 84.1 Å². The van der Waals surface area contributed by atoms with Crippen LogP contribution in [0.5, 0.6) is 17.2 Å². The third-order valence-electron chi connectivity index (χ3n) is 8.11. The summed E-state index contributed by atoms with van der Waals surface area (Å²) in [5.74, 6) is 2.10. The molecule has 2 aliphatic rings. The van der Waals surface area contributed by atoms with Crippen LogP contribution in [0, 0.1) is 0 Å². The SMILES string of the molecule is CCOc1cc(/C=c2/sc3n(c2=O)[C@@H](c2ccc(OC)cc2)C2=C(N=3)c3ccccc3CC2)ccc1OCc1ccccc1. The first-order valence-corrected chi connectivity index (χ1v) is 15.6. The predicted molar refractivity (Wildman–Crippen MR) is 174 cm³/mol. The lowest BCUT2D eigenvalue weighted by Crippen LogP contribution is -2.38. The molecule has 5 aromatic rings. The first-order valence-electron chi connectivity index (χ1n) is 14.8. The minimum absolute atomic E-state index is 0.0534. The van der Waals surface area contributed by atoms with Crippen LogP contribution in [0.2, 0.25) is 0 Å². The van der Waals surface area contributed by atoms with Crippen molar-refractivity contribution in [1.82, 2.24) is 4.57 Å². The van der Waals surface area contributed by atoms with Gasteiger partial charge in [0.25, 0.3) is 5.56 Å². The molecule has 0 spiro atoms. The van der Waals surface area contributed by atoms with Crippen molar-refractivity contribution in [3.05, 3.63) is 150 Å². The molecule has 0 bridgehead atoms. The van der Waals surface area contributed by atoms with Crippen LogP contribution in [0.1, 0.15) is 47.2 Å². The monoisotopic (exact) mass is 600 g/mol. The number of thiazole rings is 1. The molecule has 1 aliphatic carbocycles. The average Bonchev–Trinajstić information content (AvgIpc) is 3.37. The Morgan fingerprint density at radius 2 is 1.70 bits per heavy atom. The molecule has 0 saturated heterocycles. The molecule has 0 N–H and O–H groups in total. The van der Waals surface area contributed by atoms with Gasteiger partial charge < -0.3 is 14.2 Å². The molecular formula is C37H32N2O4S. The summed E-state index contributed by atoms with van der Waals surface area (Å²) in [6, 6.07) is 32.1. The fraction of sp³-hybridized carbons (Fsp3) is 0.189. The highest BCUT2D eigenvalue weighted by Gasteiger charge is 2.32. The smallest absolute Gasteiger partial charge is 0.271 e. The molecule has 220 valence electrons. The van der Waals surface area contributed by atoms with Gasteiger partial charge in [0.05, 0.1) is 30.0 Å². The molecule has 4 aromatic carbocycles. The highest BCUT2D eigenvalue weighted by molar-refractivity contribution is 7.07. The van der Waals surface area contributed by atoms with Gasteiger partial charge in [-0.25, -0.2) is 4.99 Å². The van der Waals surface area contributed by atoms with Crippen molar-refractivity contribution in [1.29, 1.82) is 0 Å². The number of hydrogen-bond donors (Lipinski definition) is 0. The van der Waals surface area contributed by atoms with Gasteiger partial charge in [0.2, 0.25) is 0 Å². The minimum Gasteiger partial charge on any atom is -0.497 e. The predicted octanol–water partition coefficient (Wildman–Crippen LogP) is 6.31. The summed E-state index contributed by atoms with van der Waals surface area (Å²) >= 11 is 1.42. The molecule has 7 heteroatoms. The Hall–Kier alpha value is -4.88. The van der Waals surface area contributed by atoms with E-state index in [0.717, 1.165) is 46.5 Å². The zero-order valence-corrected chi connectivity index (χ0v) is 25.5. The molecule has 0 radical (unpaired) electrons. The van der Waals surface area contributed by atoms with E-state index >= 15 is 0 Å². The van der Waals surface area contributed by atoms with E-state index in [9.17, 15) is 4.79 Å². The Kier molecular flexibility index (Phi) is 7.62. The van der Waals surface area contributed by atoms with Gasteiger partial charge in [-0.3, -0.25) is 9.36 Å². The molecule has 7 rings (SSSR count). The maximum absolute atomic E-state index is 14.2. The van der Waals surface area contributed by atoms with Gasteiger partial charge in [-0.2, -0.15) is 0 Å². The molecule has 1 atom stereocenters. The topological polar surface area (TPSA) is 62.0 Å². The normalized spacial score (nSPS) is 15.6. The zero-order chi connectivity index (χ0) is 30.0. The van der Waals surface area contributed by atoms with Crippen LogP contribution in [-0.2, 0) is 13.0 Å². The summed E-state index contributed by atoms with van der Waals surface area (Å²) in [5, 5.41) is 0. The fourth-order valence-electron chi connectivity index (χ4n) is 6.00. The molecular weight excluding hydrogens is 568 g/mol. The van der Waals surface area contributed by atoms with Crippen LogP contribution in [0.4, 0.5) is 0 Å². The van der Waals surface area contributed by atoms with Gasteiger partial charge in [0.15, 0.2) is 16.3 Å². The van der Waals surface area contributed by atoms with E-state index in [2.05, 4.69) is 36.4 Å². The molecule has 6 nitrogen and oxygen atoms in total. The van der Waals surface area contributed by atoms with E-state index < -0.39 is 0 Å². The number of aromatic nitrogens is 1. The molecule has 0 saturated carbocycles. The lowest BCUT2D eigenvalue weighted by Gasteiger charge is -2.30. The van der Waals surface area contributed by atoms with Crippen molar-refractivity contribution >= 4 is 23.1 Å². The summed E-state index contributed by atoms with van der Waals surface area (Å²) in [4.78, 5) is 20.0. The van der Waals surface area contributed by atoms with Crippen molar-refractivity contribution in [3.8, 4) is 17.2 Å². The Morgan fingerprint density at radius 3 is 2.50 bits per heavy atom. The van der Waals surface area contributed by atoms with Crippen molar-refractivity contribution in [2.45, 2.75) is 32.4 Å². The van der Waals surface area contributed by atoms with Crippen LogP contribution in [0.25, 0.3) is 11.8 Å². The van der Waals surface area contributed by atoms with Crippen molar-refractivity contribution < 1.29 is 14.2 Å². The Labute approximate surface area is 259 Å². The first kappa shape index (κ1) is 27.9. The molecule has 1 aromatic heterocycles. The highest BCUT2D eigenvalue weighted by Crippen LogP contribution is 2.41. The zero-order valence-electron chi connectivity index (χ0n) is 24.7. The number of nitrogens with zero attached hydrogens (tertiary/aromatic N) is 2. The standard InChI is InChI=1S/C37H32N2O4S/c1-3-42-32-21-25(13-20-31(32)43-23-24-9-5-4-6-10-24)22-33-36(40)39-35(27-14-17-28(41-2)18-15-27)30-19-16-26-11-7-8-12-29(26)34(30)38-37(39)44-33/h4-15,17-18,20-22,35H,3,16,19,23H2,1-2H3/b33-22+/t35-/m0/s1. The molecule has 0 unspecified atom stereocenters. The quantitative estimate of drug-likeness (QED) is 0.210. The molecule has 0 amide bonds. The number of allylic oxidation sites excluding steroid dienone is 1. The van der Waals surface area contributed by atoms with Crippen LogP contribution in [0.15, 0.2) is 112 Å². The number of aryl methyl sites for hydroxylation is 1. The van der Waals surface area contributed by atoms with Crippen LogP contribution >= 0.6 is 11.3 Å². The third-order valence-corrected chi connectivity index (χ3v) is 9.09. The lowest BCUT2D eigenvalue weighted by atomic mass is 9.83. The van der Waals surface area contributed by atoms with Gasteiger partial charge >= 0.3 is 0 Å². The second-order valence-electron chi connectivity index (χ2n) is 10.8. The fourth-order valence-corrected chi connectivity index (χ4v) is 7.00. The summed E-state index contributed by atoms with van der Waals surface area (Å²) in [6.45, 7) is 2.89. The number of methoxy groups -OCH3 is 1. The Morgan fingerprint density at radius 1 is 0.909 bits per heavy atom. The van der Waals surface area contributed by atoms with Gasteiger partial charge in [0.1, 0.15) is 12.4 Å². The van der Waals surface area contributed by atoms with E-state index in [1.807, 2.05) is 78.2 Å². The van der Waals surface area contributed by atoms with Crippen molar-refractivity contribution in [2.24, 2.45) is 4.99 Å². The Balaban J connectivity index is 1.32. The first-order chi connectivity index (χ1) is 21.6. The van der Waals surface area contributed by atoms with Crippen LogP contribution in [0.3, 0.4) is 0 Å².